The van der Waals surface area contributed by atoms with Crippen molar-refractivity contribution in [1.29, 1.82) is 0 Å². The molecule has 0 fully saturated rings. The summed E-state index contributed by atoms with van der Waals surface area (Å²) in [6.45, 7) is 12.8. The maximum atomic E-state index is 5.51. The second-order valence-corrected chi connectivity index (χ2v) is 2.62. The Balaban J connectivity index is 0. The molecule has 0 aliphatic heterocycles. The van der Waals surface area contributed by atoms with Crippen LogP contribution in [0.25, 0.3) is 0 Å². The van der Waals surface area contributed by atoms with Crippen LogP contribution in [0.1, 0.15) is 20.8 Å². The first-order chi connectivity index (χ1) is 5.04. The molecule has 0 bridgehead atoms. The number of allylic oxidation sites excluding steroid dienone is 4. The Labute approximate surface area is 79.2 Å². The molecule has 0 radical (unpaired) electrons. The summed E-state index contributed by atoms with van der Waals surface area (Å²) in [4.78, 5) is 0. The lowest BCUT2D eigenvalue weighted by Gasteiger charge is -1.92. The van der Waals surface area contributed by atoms with E-state index in [0.29, 0.717) is 10.1 Å². The van der Waals surface area contributed by atoms with Gasteiger partial charge in [-0.2, -0.15) is 0 Å². The van der Waals surface area contributed by atoms with Crippen LogP contribution in [0, 0.1) is 0 Å². The van der Waals surface area contributed by atoms with Gasteiger partial charge in [-0.15, -0.1) is 0 Å². The van der Waals surface area contributed by atoms with Crippen molar-refractivity contribution in [2.45, 2.75) is 20.8 Å². The Hall–Kier alpha value is -0.200. The highest BCUT2D eigenvalue weighted by Crippen LogP contribution is 2.14. The molecule has 0 atom stereocenters. The average Bonchev–Trinajstić information content (AvgIpc) is 1.90. The Morgan fingerprint density at radius 1 is 1.18 bits per heavy atom. The van der Waals surface area contributed by atoms with Gasteiger partial charge in [-0.3, -0.25) is 0 Å². The Kier molecular flexibility index (Phi) is 9.62. The molecule has 64 valence electrons. The van der Waals surface area contributed by atoms with Crippen LogP contribution < -0.4 is 0 Å². The lowest BCUT2D eigenvalue weighted by molar-refractivity contribution is 1.50. The lowest BCUT2D eigenvalue weighted by atomic mass is 10.3. The quantitative estimate of drug-likeness (QED) is 0.567. The van der Waals surface area contributed by atoms with E-state index in [4.69, 9.17) is 23.2 Å². The zero-order valence-corrected chi connectivity index (χ0v) is 8.76. The lowest BCUT2D eigenvalue weighted by Crippen LogP contribution is -1.71. The zero-order chi connectivity index (χ0) is 9.44. The minimum absolute atomic E-state index is 0.467. The summed E-state index contributed by atoms with van der Waals surface area (Å²) < 4.78 is 0. The molecule has 2 heteroatoms. The summed E-state index contributed by atoms with van der Waals surface area (Å²) >= 11 is 11.0. The van der Waals surface area contributed by atoms with Crippen LogP contribution in [0.15, 0.2) is 34.9 Å². The van der Waals surface area contributed by atoms with E-state index in [1.165, 1.54) is 0 Å². The molecule has 0 spiro atoms. The largest absolute Gasteiger partial charge is 0.0850 e. The molecule has 0 aromatic carbocycles. The van der Waals surface area contributed by atoms with Gasteiger partial charge in [0.1, 0.15) is 0 Å². The molecule has 0 aromatic heterocycles. The molecule has 0 N–H and O–H groups in total. The number of halogens is 2. The number of rotatable bonds is 2. The van der Waals surface area contributed by atoms with Crippen molar-refractivity contribution >= 4 is 23.2 Å². The highest BCUT2D eigenvalue weighted by Gasteiger charge is 1.90. The van der Waals surface area contributed by atoms with Gasteiger partial charge in [0.2, 0.25) is 0 Å². The topological polar surface area (TPSA) is 0 Å². The molecular weight excluding hydrogens is 179 g/mol. The summed E-state index contributed by atoms with van der Waals surface area (Å²) in [5.41, 5.74) is 0.844. The van der Waals surface area contributed by atoms with Crippen LogP contribution in [-0.4, -0.2) is 0 Å². The van der Waals surface area contributed by atoms with Crippen molar-refractivity contribution < 1.29 is 0 Å². The molecule has 0 nitrogen and oxygen atoms in total. The maximum absolute atomic E-state index is 5.51. The van der Waals surface area contributed by atoms with Crippen molar-refractivity contribution in [2.75, 3.05) is 0 Å². The third kappa shape index (κ3) is 9.80. The Bertz CT molecular complexity index is 166. The van der Waals surface area contributed by atoms with Crippen molar-refractivity contribution in [3.05, 3.63) is 34.9 Å². The average molecular weight is 193 g/mol. The summed E-state index contributed by atoms with van der Waals surface area (Å²) in [6, 6.07) is 0. The molecule has 0 rings (SSSR count). The van der Waals surface area contributed by atoms with Gasteiger partial charge in [-0.1, -0.05) is 50.2 Å². The molecular formula is C9H14Cl2. The molecule has 0 saturated heterocycles. The normalized spacial score (nSPS) is 9.73. The van der Waals surface area contributed by atoms with Gasteiger partial charge in [0.15, 0.2) is 0 Å². The zero-order valence-electron chi connectivity index (χ0n) is 7.25. The molecule has 0 saturated carbocycles. The fourth-order valence-corrected chi connectivity index (χ4v) is 0.531. The van der Waals surface area contributed by atoms with Gasteiger partial charge >= 0.3 is 0 Å². The van der Waals surface area contributed by atoms with E-state index in [0.717, 1.165) is 5.57 Å². The molecule has 0 unspecified atom stereocenters. The van der Waals surface area contributed by atoms with E-state index in [1.807, 2.05) is 20.8 Å². The predicted octanol–water partition coefficient (Wildman–Crippen LogP) is 4.46. The first-order valence-corrected chi connectivity index (χ1v) is 4.17. The first-order valence-electron chi connectivity index (χ1n) is 3.41. The van der Waals surface area contributed by atoms with Crippen LogP contribution in [0.5, 0.6) is 0 Å². The smallest absolute Gasteiger partial charge is 0.0363 e. The minimum atomic E-state index is 0.467. The van der Waals surface area contributed by atoms with Crippen LogP contribution >= 0.6 is 23.2 Å². The van der Waals surface area contributed by atoms with Crippen molar-refractivity contribution in [3.8, 4) is 0 Å². The molecule has 0 aliphatic rings. The Morgan fingerprint density at radius 2 is 1.55 bits per heavy atom. The SMILES string of the molecule is C=C(Cl)/C=C(/C)C(=C)Cl.CC. The first kappa shape index (κ1) is 13.4. The van der Waals surface area contributed by atoms with Crippen LogP contribution in [0.3, 0.4) is 0 Å². The van der Waals surface area contributed by atoms with Crippen LogP contribution in [-0.2, 0) is 0 Å². The van der Waals surface area contributed by atoms with E-state index < -0.39 is 0 Å². The standard InChI is InChI=1S/C7H8Cl2.C2H6/c1-5(7(3)9)4-6(2)8;1-2/h4H,2-3H2,1H3;1-2H3/b5-4-;. The van der Waals surface area contributed by atoms with Gasteiger partial charge < -0.3 is 0 Å². The van der Waals surface area contributed by atoms with Gasteiger partial charge in [0.25, 0.3) is 0 Å². The van der Waals surface area contributed by atoms with E-state index in [9.17, 15) is 0 Å². The highest BCUT2D eigenvalue weighted by molar-refractivity contribution is 6.33. The van der Waals surface area contributed by atoms with Crippen molar-refractivity contribution in [2.24, 2.45) is 0 Å². The summed E-state index contributed by atoms with van der Waals surface area (Å²) in [5.74, 6) is 0. The summed E-state index contributed by atoms with van der Waals surface area (Å²) in [5, 5.41) is 0.964. The molecule has 0 aromatic rings. The minimum Gasteiger partial charge on any atom is -0.0850 e. The van der Waals surface area contributed by atoms with Gasteiger partial charge in [-0.25, -0.2) is 0 Å². The fourth-order valence-electron chi connectivity index (χ4n) is 0.313. The maximum Gasteiger partial charge on any atom is 0.0363 e. The van der Waals surface area contributed by atoms with E-state index in [2.05, 4.69) is 13.2 Å². The molecule has 0 aliphatic carbocycles. The fraction of sp³-hybridized carbons (Fsp3) is 0.333. The second kappa shape index (κ2) is 7.90. The summed E-state index contributed by atoms with van der Waals surface area (Å²) in [6.07, 6.45) is 1.66. The second-order valence-electron chi connectivity index (χ2n) is 1.68. The summed E-state index contributed by atoms with van der Waals surface area (Å²) in [7, 11) is 0. The van der Waals surface area contributed by atoms with Gasteiger partial charge in [-0.05, 0) is 18.6 Å². The number of hydrogen-bond donors (Lipinski definition) is 0. The highest BCUT2D eigenvalue weighted by atomic mass is 35.5. The molecule has 11 heavy (non-hydrogen) atoms. The predicted molar refractivity (Wildman–Crippen MR) is 55.1 cm³/mol. The van der Waals surface area contributed by atoms with Gasteiger partial charge in [0.05, 0.1) is 0 Å². The van der Waals surface area contributed by atoms with Crippen LogP contribution in [0.4, 0.5) is 0 Å². The van der Waals surface area contributed by atoms with Crippen molar-refractivity contribution in [3.63, 3.8) is 0 Å². The van der Waals surface area contributed by atoms with E-state index in [1.54, 1.807) is 6.08 Å². The van der Waals surface area contributed by atoms with Crippen LogP contribution in [0.2, 0.25) is 0 Å². The van der Waals surface area contributed by atoms with E-state index >= 15 is 0 Å². The third-order valence-corrected chi connectivity index (χ3v) is 1.21. The van der Waals surface area contributed by atoms with Crippen molar-refractivity contribution in [1.82, 2.24) is 0 Å². The Morgan fingerprint density at radius 3 is 1.64 bits per heavy atom. The monoisotopic (exact) mass is 192 g/mol. The van der Waals surface area contributed by atoms with E-state index in [-0.39, 0.29) is 0 Å². The third-order valence-electron chi connectivity index (χ3n) is 0.801. The molecule has 0 heterocycles. The van der Waals surface area contributed by atoms with Gasteiger partial charge in [0, 0.05) is 10.1 Å². The molecule has 0 amide bonds. The number of hydrogen-bond acceptors (Lipinski definition) is 0.